The van der Waals surface area contributed by atoms with E-state index in [2.05, 4.69) is 0 Å². The van der Waals surface area contributed by atoms with Crippen molar-refractivity contribution in [2.45, 2.75) is 77.6 Å². The molecule has 0 amide bonds. The van der Waals surface area contributed by atoms with E-state index in [0.29, 0.717) is 32.4 Å². The van der Waals surface area contributed by atoms with Crippen LogP contribution in [0.15, 0.2) is 33.1 Å². The fraction of sp³-hybridized carbons (Fsp3) is 0.478. The Morgan fingerprint density at radius 1 is 0.649 bits per heavy atom. The Kier molecular flexibility index (Phi) is 4.54. The monoisotopic (exact) mass is 600 g/mol. The molecule has 0 aromatic carbocycles. The van der Waals surface area contributed by atoms with Crippen LogP contribution in [0.4, 0.5) is 26.3 Å². The zero-order chi connectivity index (χ0) is 27.5. The first-order chi connectivity index (χ1) is 16.9. The van der Waals surface area contributed by atoms with Crippen LogP contribution in [0.5, 0.6) is 0 Å². The number of fused-ring (bicyclic) bond motifs is 8. The number of allylic oxidation sites excluding steroid dienone is 2. The Hall–Kier alpha value is -1.64. The first kappa shape index (κ1) is 25.6. The SMILES string of the molecule is CCC12C(=C3C(=C4c5sc(C)cc5S(=O)(=O)C41CC)C(F)(F)C(F)(F)C3(F)F)c1sc(C)cc1S2(=O)=O. The molecule has 0 N–H and O–H groups in total. The predicted octanol–water partition coefficient (Wildman–Crippen LogP) is 6.44. The smallest absolute Gasteiger partial charge is 0.223 e. The molecule has 14 heteroatoms. The number of hydrogen-bond acceptors (Lipinski definition) is 6. The van der Waals surface area contributed by atoms with Crippen LogP contribution in [-0.4, -0.2) is 44.1 Å². The molecule has 2 aromatic rings. The van der Waals surface area contributed by atoms with Gasteiger partial charge in [-0.05, 0) is 38.8 Å². The number of aryl methyl sites for hydroxylation is 2. The van der Waals surface area contributed by atoms with Crippen molar-refractivity contribution in [2.24, 2.45) is 0 Å². The summed E-state index contributed by atoms with van der Waals surface area (Å²) in [5, 5.41) is 0. The van der Waals surface area contributed by atoms with Gasteiger partial charge in [-0.15, -0.1) is 22.7 Å². The first-order valence-corrected chi connectivity index (χ1v) is 15.8. The summed E-state index contributed by atoms with van der Waals surface area (Å²) in [5.41, 5.74) is -5.38. The molecule has 2 aromatic heterocycles. The van der Waals surface area contributed by atoms with Crippen molar-refractivity contribution >= 4 is 53.5 Å². The van der Waals surface area contributed by atoms with Crippen LogP contribution in [0.25, 0.3) is 11.1 Å². The van der Waals surface area contributed by atoms with Gasteiger partial charge < -0.3 is 0 Å². The summed E-state index contributed by atoms with van der Waals surface area (Å²) in [5.74, 6) is -16.9. The van der Waals surface area contributed by atoms with E-state index >= 15 is 26.3 Å². The molecular formula is C23H18F6O4S4. The van der Waals surface area contributed by atoms with E-state index in [9.17, 15) is 16.8 Å². The molecule has 4 aliphatic rings. The summed E-state index contributed by atoms with van der Waals surface area (Å²) in [6.45, 7) is 5.44. The quantitative estimate of drug-likeness (QED) is 0.372. The third-order valence-electron chi connectivity index (χ3n) is 8.22. The number of rotatable bonds is 2. The largest absolute Gasteiger partial charge is 0.380 e. The maximum Gasteiger partial charge on any atom is 0.380 e. The highest BCUT2D eigenvalue weighted by Gasteiger charge is 2.88. The third kappa shape index (κ3) is 2.15. The summed E-state index contributed by atoms with van der Waals surface area (Å²) in [7, 11) is -9.68. The molecule has 200 valence electrons. The van der Waals surface area contributed by atoms with Gasteiger partial charge in [0.05, 0.1) is 19.5 Å². The van der Waals surface area contributed by atoms with Gasteiger partial charge in [-0.1, -0.05) is 13.8 Å². The van der Waals surface area contributed by atoms with Gasteiger partial charge in [0.2, 0.25) is 0 Å². The fourth-order valence-corrected chi connectivity index (χ4v) is 16.0. The topological polar surface area (TPSA) is 68.3 Å². The Balaban J connectivity index is 2.01. The van der Waals surface area contributed by atoms with Crippen molar-refractivity contribution in [3.05, 3.63) is 42.8 Å². The summed E-state index contributed by atoms with van der Waals surface area (Å²) in [4.78, 5) is -1.12. The van der Waals surface area contributed by atoms with E-state index in [1.165, 1.54) is 27.7 Å². The van der Waals surface area contributed by atoms with E-state index in [-0.39, 0.29) is 9.75 Å². The second-order valence-electron chi connectivity index (χ2n) is 9.69. The normalized spacial score (nSPS) is 32.7. The number of alkyl halides is 6. The van der Waals surface area contributed by atoms with Crippen LogP contribution in [-0.2, 0) is 19.7 Å². The molecular weight excluding hydrogens is 583 g/mol. The average molecular weight is 601 g/mol. The van der Waals surface area contributed by atoms with Gasteiger partial charge in [0.15, 0.2) is 19.7 Å². The average Bonchev–Trinajstić information content (AvgIpc) is 3.47. The first-order valence-electron chi connectivity index (χ1n) is 11.2. The van der Waals surface area contributed by atoms with Gasteiger partial charge >= 0.3 is 17.8 Å². The van der Waals surface area contributed by atoms with Gasteiger partial charge in [0.25, 0.3) is 0 Å². The Labute approximate surface area is 216 Å². The van der Waals surface area contributed by atoms with Gasteiger partial charge in [0, 0.05) is 32.0 Å². The van der Waals surface area contributed by atoms with Gasteiger partial charge in [-0.25, -0.2) is 16.8 Å². The molecule has 2 aliphatic carbocycles. The van der Waals surface area contributed by atoms with E-state index in [4.69, 9.17) is 0 Å². The van der Waals surface area contributed by atoms with E-state index in [0.717, 1.165) is 12.1 Å². The van der Waals surface area contributed by atoms with Crippen molar-refractivity contribution in [1.29, 1.82) is 0 Å². The van der Waals surface area contributed by atoms with Crippen LogP contribution < -0.4 is 0 Å². The van der Waals surface area contributed by atoms with E-state index < -0.39 is 91.9 Å². The summed E-state index contributed by atoms with van der Waals surface area (Å²) < 4.78 is 145. The zero-order valence-electron chi connectivity index (χ0n) is 19.6. The molecule has 0 radical (unpaired) electrons. The lowest BCUT2D eigenvalue weighted by Crippen LogP contribution is -2.62. The molecule has 6 rings (SSSR count). The lowest BCUT2D eigenvalue weighted by Gasteiger charge is -2.49. The number of hydrogen-bond donors (Lipinski definition) is 0. The molecule has 0 bridgehead atoms. The molecule has 2 unspecified atom stereocenters. The molecule has 1 saturated carbocycles. The van der Waals surface area contributed by atoms with Crippen molar-refractivity contribution in [3.63, 3.8) is 0 Å². The molecule has 0 saturated heterocycles. The van der Waals surface area contributed by atoms with Gasteiger partial charge in [0.1, 0.15) is 9.49 Å². The number of sulfone groups is 2. The molecule has 0 spiro atoms. The van der Waals surface area contributed by atoms with Crippen LogP contribution in [0, 0.1) is 13.8 Å². The van der Waals surface area contributed by atoms with Crippen LogP contribution in [0.1, 0.15) is 46.2 Å². The maximum atomic E-state index is 15.7. The molecule has 1 fully saturated rings. The van der Waals surface area contributed by atoms with Crippen molar-refractivity contribution in [2.75, 3.05) is 0 Å². The fourth-order valence-electron chi connectivity index (χ4n) is 6.90. The number of halogens is 6. The predicted molar refractivity (Wildman–Crippen MR) is 127 cm³/mol. The molecule has 2 aliphatic heterocycles. The minimum atomic E-state index is -5.92. The standard InChI is InChI=1S/C23H18F6O4S4/c1-5-19-15(17-11(36(19,30)31)7-9(3)34-17)13-14(22(26,27)23(28,29)21(13,24)25)16-18-12(8-10(4)35-18)37(32,33)20(16,19)6-2/h7-8H,5-6H2,1-4H3. The summed E-state index contributed by atoms with van der Waals surface area (Å²) in [6.07, 6.45) is -1.22. The van der Waals surface area contributed by atoms with E-state index in [1.54, 1.807) is 0 Å². The Morgan fingerprint density at radius 3 is 1.27 bits per heavy atom. The number of thiophene rings is 2. The van der Waals surface area contributed by atoms with Gasteiger partial charge in [-0.2, -0.15) is 26.3 Å². The van der Waals surface area contributed by atoms with Crippen molar-refractivity contribution in [1.82, 2.24) is 0 Å². The third-order valence-corrected chi connectivity index (χ3v) is 16.1. The molecule has 2 atom stereocenters. The highest BCUT2D eigenvalue weighted by atomic mass is 32.2. The minimum Gasteiger partial charge on any atom is -0.223 e. The lowest BCUT2D eigenvalue weighted by atomic mass is 9.67. The molecule has 4 nitrogen and oxygen atoms in total. The zero-order valence-corrected chi connectivity index (χ0v) is 22.9. The van der Waals surface area contributed by atoms with Crippen molar-refractivity contribution < 1.29 is 43.2 Å². The summed E-state index contributed by atoms with van der Waals surface area (Å²) >= 11 is 1.37. The Morgan fingerprint density at radius 2 is 0.973 bits per heavy atom. The highest BCUT2D eigenvalue weighted by molar-refractivity contribution is 7.98. The second kappa shape index (κ2) is 6.56. The Bertz CT molecular complexity index is 1620. The maximum absolute atomic E-state index is 15.7. The highest BCUT2D eigenvalue weighted by Crippen LogP contribution is 2.77. The molecule has 4 heterocycles. The summed E-state index contributed by atoms with van der Waals surface area (Å²) in [6, 6.07) is 2.32. The van der Waals surface area contributed by atoms with Gasteiger partial charge in [-0.3, -0.25) is 0 Å². The van der Waals surface area contributed by atoms with Crippen molar-refractivity contribution in [3.8, 4) is 0 Å². The van der Waals surface area contributed by atoms with Crippen LogP contribution in [0.3, 0.4) is 0 Å². The lowest BCUT2D eigenvalue weighted by molar-refractivity contribution is -0.257. The second-order valence-corrected chi connectivity index (χ2v) is 16.5. The van der Waals surface area contributed by atoms with Crippen LogP contribution >= 0.6 is 22.7 Å². The molecule has 37 heavy (non-hydrogen) atoms. The van der Waals surface area contributed by atoms with E-state index in [1.807, 2.05) is 0 Å². The minimum absolute atomic E-state index is 0.317. The van der Waals surface area contributed by atoms with Crippen LogP contribution in [0.2, 0.25) is 0 Å².